The van der Waals surface area contributed by atoms with Gasteiger partial charge in [-0.1, -0.05) is 0 Å². The van der Waals surface area contributed by atoms with Crippen molar-refractivity contribution in [3.63, 3.8) is 0 Å². The molecule has 20 nitrogen and oxygen atoms in total. The van der Waals surface area contributed by atoms with Gasteiger partial charge in [0, 0.05) is 0 Å². The zero-order valence-electron chi connectivity index (χ0n) is 13.4. The Labute approximate surface area is 266 Å². The van der Waals surface area contributed by atoms with Crippen LogP contribution in [0.25, 0.3) is 0 Å². The molecule has 0 unspecified atom stereocenters. The normalized spacial score (nSPS) is 6.10. The van der Waals surface area contributed by atoms with Gasteiger partial charge in [-0.2, -0.15) is 0 Å². The van der Waals surface area contributed by atoms with Gasteiger partial charge in [-0.05, 0) is 0 Å². The fraction of sp³-hybridized carbons (Fsp3) is 0. The van der Waals surface area contributed by atoms with E-state index in [1.165, 1.54) is 0 Å². The first-order valence-corrected chi connectivity index (χ1v) is 11.9. The molecule has 0 aromatic carbocycles. The average Bonchev–Trinajstić information content (AvgIpc) is 2.10. The van der Waals surface area contributed by atoms with Gasteiger partial charge in [-0.15, -0.1) is 0 Å². The Balaban J connectivity index is -0.0000000130. The van der Waals surface area contributed by atoms with Crippen LogP contribution in [0.4, 0.5) is 0 Å². The molecule has 0 aliphatic rings. The molecule has 0 atom stereocenters. The Morgan fingerprint density at radius 2 is 0.677 bits per heavy atom. The van der Waals surface area contributed by atoms with Gasteiger partial charge in [-0.25, -0.2) is 4.57 Å². The Morgan fingerprint density at radius 3 is 0.742 bits per heavy atom. The molecule has 0 aromatic heterocycles. The van der Waals surface area contributed by atoms with Gasteiger partial charge in [-0.3, -0.25) is 8.88 Å². The van der Waals surface area contributed by atoms with Crippen LogP contribution in [-0.2, 0) is 13.4 Å². The number of halogens is 2. The van der Waals surface area contributed by atoms with E-state index in [9.17, 15) is 4.57 Å². The van der Waals surface area contributed by atoms with Gasteiger partial charge in [0.1, 0.15) is 0 Å². The van der Waals surface area contributed by atoms with Crippen molar-refractivity contribution < 1.29 is 101 Å². The van der Waals surface area contributed by atoms with Crippen LogP contribution >= 0.6 is 20.6 Å². The van der Waals surface area contributed by atoms with E-state index in [1.807, 2.05) is 0 Å². The van der Waals surface area contributed by atoms with Gasteiger partial charge in [0.2, 0.25) is 0 Å². The summed E-state index contributed by atoms with van der Waals surface area (Å²) < 4.78 is 17.2. The first-order chi connectivity index (χ1) is 9.71. The van der Waals surface area contributed by atoms with Crippen molar-refractivity contribution in [1.82, 2.24) is 0 Å². The van der Waals surface area contributed by atoms with Crippen molar-refractivity contribution in [2.45, 2.75) is 0 Å². The molecule has 182 valence electrons. The number of phosphoric acid groups is 1. The standard InChI is InChI=1S/B2H5O8P.2BH3O3.Ca.2ClH.3Na.6H2O.3H/c3-1(4)9-11(7,8)10-2(5)6;2*2-1(3)4;;;;;;;;;;;;;;;/h3-6H,(H,7,8);2*2-4H;;2*1H;;;;6*1H2;;;/q;;;+2;;;;;;;;;;;;;;/p-2. The van der Waals surface area contributed by atoms with E-state index in [4.69, 9.17) is 67.9 Å². The topological polar surface area (TPSA) is 447 Å². The van der Waals surface area contributed by atoms with Gasteiger partial charge < -0.3 is 88.0 Å². The average molecular weight is 600 g/mol. The second-order valence-electron chi connectivity index (χ2n) is 2.13. The molecule has 0 amide bonds. The van der Waals surface area contributed by atoms with E-state index in [0.717, 1.165) is 0 Å². The molecule has 0 heterocycles. The quantitative estimate of drug-likeness (QED) is 0.105. The second-order valence-corrected chi connectivity index (χ2v) is 7.13. The predicted molar refractivity (Wildman–Crippen MR) is 118 cm³/mol. The van der Waals surface area contributed by atoms with Crippen LogP contribution < -0.4 is 0 Å². The fourth-order valence-corrected chi connectivity index (χ4v) is 0.789. The van der Waals surface area contributed by atoms with Crippen LogP contribution in [0.15, 0.2) is 0 Å². The molecule has 0 spiro atoms. The van der Waals surface area contributed by atoms with Crippen LogP contribution in [0, 0.1) is 0 Å². The van der Waals surface area contributed by atoms with Crippen LogP contribution in [0.1, 0.15) is 0 Å². The molecule has 0 fully saturated rings. The van der Waals surface area contributed by atoms with E-state index in [0.29, 0.717) is 0 Å². The Bertz CT molecular complexity index is 245. The van der Waals surface area contributed by atoms with E-state index >= 15 is 0 Å². The van der Waals surface area contributed by atoms with Crippen LogP contribution in [0.2, 0.25) is 0 Å². The molecule has 0 saturated heterocycles. The van der Waals surface area contributed by atoms with Gasteiger partial charge in [0.05, 0.1) is 0 Å². The van der Waals surface area contributed by atoms with Gasteiger partial charge in [0.25, 0.3) is 0 Å². The summed E-state index contributed by atoms with van der Waals surface area (Å²) >= 11 is -0.931. The SMILES string of the molecule is O.O.O.O.O.O.O=P(O)(OB(O)O)OB(O)O.OB(O)O.OB(O)O.[Cl][Ca][Cl].[NaH].[NaH].[NaH]. The maximum atomic E-state index is 10.3. The third-order valence-corrected chi connectivity index (χ3v) is 1.36. The zero-order valence-corrected chi connectivity index (χ0v) is 18.0. The third-order valence-electron chi connectivity index (χ3n) is 0.455. The summed E-state index contributed by atoms with van der Waals surface area (Å²) in [7, 11) is -14.2. The van der Waals surface area contributed by atoms with Crippen LogP contribution in [-0.4, -0.2) is 237 Å². The van der Waals surface area contributed by atoms with Crippen molar-refractivity contribution in [3.8, 4) is 0 Å². The van der Waals surface area contributed by atoms with Crippen molar-refractivity contribution in [3.05, 3.63) is 0 Å². The summed E-state index contributed by atoms with van der Waals surface area (Å²) in [5, 5.41) is 74.8. The summed E-state index contributed by atoms with van der Waals surface area (Å²) in [6.07, 6.45) is 9.90. The summed E-state index contributed by atoms with van der Waals surface area (Å²) in [5.74, 6) is 0. The van der Waals surface area contributed by atoms with E-state index in [1.54, 1.807) is 0 Å². The zero-order chi connectivity index (χ0) is 18.9. The van der Waals surface area contributed by atoms with Gasteiger partial charge >= 0.3 is 169 Å². The molecule has 0 rings (SSSR count). The Kier molecular flexibility index (Phi) is 160. The van der Waals surface area contributed by atoms with E-state index in [2.05, 4.69) is 8.88 Å². The molecule has 0 bridgehead atoms. The van der Waals surface area contributed by atoms with Crippen molar-refractivity contribution >= 4 is 169 Å². The second kappa shape index (κ2) is 59.6. The number of rotatable bonds is 4. The molecule has 0 aliphatic heterocycles. The first-order valence-electron chi connectivity index (χ1n) is 4.34. The minimum atomic E-state index is -4.80. The van der Waals surface area contributed by atoms with E-state index in [-0.39, 0.29) is 122 Å². The summed E-state index contributed by atoms with van der Waals surface area (Å²) in [4.78, 5) is 8.33. The predicted octanol–water partition coefficient (Wildman–Crippen LogP) is -12.9. The Morgan fingerprint density at radius 1 is 0.581 bits per heavy atom. The molecule has 31 heteroatoms. The fourth-order valence-electron chi connectivity index (χ4n) is 0.263. The van der Waals surface area contributed by atoms with E-state index < -0.39 is 67.9 Å². The van der Waals surface area contributed by atoms with Crippen molar-refractivity contribution in [1.29, 1.82) is 0 Å². The first kappa shape index (κ1) is 83.4. The van der Waals surface area contributed by atoms with Crippen molar-refractivity contribution in [2.75, 3.05) is 0 Å². The Hall–Kier alpha value is 4.57. The molecular weight excluding hydrogens is 574 g/mol. The summed E-state index contributed by atoms with van der Waals surface area (Å²) in [5.41, 5.74) is 0. The minimum absolute atomic E-state index is 0. The molecule has 0 radical (unpaired) electrons. The molecule has 0 saturated carbocycles. The molecule has 31 heavy (non-hydrogen) atoms. The third kappa shape index (κ3) is 173. The monoisotopic (exact) mass is 600 g/mol. The van der Waals surface area contributed by atoms with Crippen LogP contribution in [0.3, 0.4) is 0 Å². The molecule has 0 aromatic rings. The number of hydrogen-bond donors (Lipinski definition) is 11. The van der Waals surface area contributed by atoms with Crippen molar-refractivity contribution in [2.24, 2.45) is 0 Å². The maximum absolute atomic E-state index is 10.3. The molecule has 23 N–H and O–H groups in total. The molecular formula is H26B4CaCl2Na3O20P. The van der Waals surface area contributed by atoms with Crippen LogP contribution in [0.5, 0.6) is 0 Å². The summed E-state index contributed by atoms with van der Waals surface area (Å²) in [6, 6.07) is 0. The summed E-state index contributed by atoms with van der Waals surface area (Å²) in [6.45, 7) is 0. The van der Waals surface area contributed by atoms with Gasteiger partial charge in [0.15, 0.2) is 0 Å². The number of hydrogen-bond acceptors (Lipinski definition) is 13. The molecule has 0 aliphatic carbocycles.